The summed E-state index contributed by atoms with van der Waals surface area (Å²) in [5.74, 6) is -1.81. The van der Waals surface area contributed by atoms with Crippen LogP contribution in [0.2, 0.25) is 0 Å². The number of carbonyl (C=O) groups excluding carboxylic acids is 2. The molecule has 0 aliphatic carbocycles. The zero-order valence-electron chi connectivity index (χ0n) is 26.7. The monoisotopic (exact) mass is 623 g/mol. The number of rotatable bonds is 9. The third kappa shape index (κ3) is 4.92. The summed E-state index contributed by atoms with van der Waals surface area (Å²) in [5, 5.41) is 20.9. The van der Waals surface area contributed by atoms with Gasteiger partial charge in [0.15, 0.2) is 6.54 Å². The standard InChI is InChI=1S/C36H38N4O6/c1-6-22-21(5)35(45)40-15-14-38-30(18-32(22)40)20(4)24(8-10-33(41)42)31(38)17-28-25(9-11-34(43)44)26-12-13-39-29(16-27(26)37-28)19(3)23(7-2)36(39)46/h6,16-18H,1,7-15H2,2-5H3,(H2,41,42,43,44)/p+1/b28-17-. The lowest BCUT2D eigenvalue weighted by Gasteiger charge is -2.18. The van der Waals surface area contributed by atoms with Gasteiger partial charge in [-0.05, 0) is 74.4 Å². The largest absolute Gasteiger partial charge is 0.481 e. The minimum absolute atomic E-state index is 0.0301. The van der Waals surface area contributed by atoms with Crippen molar-refractivity contribution in [2.45, 2.75) is 72.8 Å². The van der Waals surface area contributed by atoms with Crippen molar-refractivity contribution in [1.82, 2.24) is 14.5 Å². The van der Waals surface area contributed by atoms with Gasteiger partial charge in [-0.2, -0.15) is 4.58 Å². The minimum Gasteiger partial charge on any atom is -0.481 e. The van der Waals surface area contributed by atoms with Crippen LogP contribution in [0.4, 0.5) is 0 Å². The fourth-order valence-electron chi connectivity index (χ4n) is 7.49. The van der Waals surface area contributed by atoms with Crippen molar-refractivity contribution in [3.05, 3.63) is 85.0 Å². The molecule has 2 aromatic rings. The average Bonchev–Trinajstić information content (AvgIpc) is 3.48. The van der Waals surface area contributed by atoms with E-state index >= 15 is 0 Å². The minimum atomic E-state index is -0.900. The number of hydrogen-bond donors (Lipinski definition) is 3. The van der Waals surface area contributed by atoms with E-state index < -0.39 is 11.9 Å². The van der Waals surface area contributed by atoms with Crippen molar-refractivity contribution in [2.24, 2.45) is 0 Å². The summed E-state index contributed by atoms with van der Waals surface area (Å²) in [4.78, 5) is 55.1. The quantitative estimate of drug-likeness (QED) is 0.368. The van der Waals surface area contributed by atoms with E-state index in [0.29, 0.717) is 50.9 Å². The number of aliphatic carboxylic acids is 2. The fourth-order valence-corrected chi connectivity index (χ4v) is 7.49. The number of nitrogens with zero attached hydrogens (tertiary/aromatic N) is 3. The number of aromatic amines is 1. The van der Waals surface area contributed by atoms with Gasteiger partial charge >= 0.3 is 17.8 Å². The van der Waals surface area contributed by atoms with E-state index in [1.807, 2.05) is 50.5 Å². The second kappa shape index (κ2) is 11.7. The van der Waals surface area contributed by atoms with Gasteiger partial charge < -0.3 is 24.7 Å². The van der Waals surface area contributed by atoms with Crippen LogP contribution in [0.15, 0.2) is 40.6 Å². The number of amides is 2. The Balaban J connectivity index is 1.59. The van der Waals surface area contributed by atoms with E-state index in [1.54, 1.807) is 11.0 Å². The van der Waals surface area contributed by atoms with Crippen molar-refractivity contribution in [1.29, 1.82) is 0 Å². The second-order valence-electron chi connectivity index (χ2n) is 12.3. The third-order valence-corrected chi connectivity index (χ3v) is 9.88. The first kappa shape index (κ1) is 31.0. The normalized spacial score (nSPS) is 17.9. The van der Waals surface area contributed by atoms with Gasteiger partial charge in [0, 0.05) is 77.2 Å². The van der Waals surface area contributed by atoms with Crippen molar-refractivity contribution < 1.29 is 34.0 Å². The number of fused-ring (bicyclic) bond motifs is 3. The first-order chi connectivity index (χ1) is 22.0. The predicted octanol–water partition coefficient (Wildman–Crippen LogP) is 2.74. The topological polar surface area (TPSA) is 136 Å². The van der Waals surface area contributed by atoms with E-state index in [2.05, 4.69) is 16.1 Å². The van der Waals surface area contributed by atoms with Crippen LogP contribution in [0.1, 0.15) is 73.7 Å². The summed E-state index contributed by atoms with van der Waals surface area (Å²) in [7, 11) is 0. The van der Waals surface area contributed by atoms with Crippen LogP contribution in [0.5, 0.6) is 0 Å². The average molecular weight is 624 g/mol. The maximum atomic E-state index is 13.1. The number of nitrogens with one attached hydrogen (secondary N) is 1. The molecule has 0 radical (unpaired) electrons. The van der Waals surface area contributed by atoms with E-state index in [-0.39, 0.29) is 24.7 Å². The highest BCUT2D eigenvalue weighted by atomic mass is 16.4. The number of carbonyl (C=O) groups is 4. The van der Waals surface area contributed by atoms with Gasteiger partial charge in [-0.1, -0.05) is 19.6 Å². The van der Waals surface area contributed by atoms with Crippen LogP contribution >= 0.6 is 0 Å². The molecule has 6 rings (SSSR count). The molecule has 0 bridgehead atoms. The summed E-state index contributed by atoms with van der Waals surface area (Å²) in [6, 6.07) is 0. The predicted molar refractivity (Wildman–Crippen MR) is 174 cm³/mol. The Labute approximate surface area is 266 Å². The number of carboxylic acids is 2. The van der Waals surface area contributed by atoms with Gasteiger partial charge in [0.25, 0.3) is 5.91 Å². The van der Waals surface area contributed by atoms with Crippen LogP contribution in [0.3, 0.4) is 0 Å². The molecule has 2 amide bonds. The SMILES string of the molecule is C=CC1=C(C)C(=O)N2CCn3c(c(C)c(CCC(=O)O)c3/C=c3\[nH]c4c(c3CCC(=O)O)CC[N+]3=C(C=4)C(C)=C(CC)C3=O)C=C12. The zero-order chi connectivity index (χ0) is 33.0. The summed E-state index contributed by atoms with van der Waals surface area (Å²) in [6.45, 7) is 13.1. The number of allylic oxidation sites excluding steroid dienone is 2. The van der Waals surface area contributed by atoms with E-state index in [1.165, 1.54) is 0 Å². The molecule has 0 atom stereocenters. The van der Waals surface area contributed by atoms with Gasteiger partial charge in [0.05, 0.1) is 11.3 Å². The molecular weight excluding hydrogens is 584 g/mol. The van der Waals surface area contributed by atoms with Gasteiger partial charge in [-0.15, -0.1) is 0 Å². The smallest absolute Gasteiger partial charge is 0.416 e. The molecule has 46 heavy (non-hydrogen) atoms. The second-order valence-corrected chi connectivity index (χ2v) is 12.3. The molecule has 4 aliphatic rings. The number of carboxylic acid groups (broad SMARTS) is 2. The fraction of sp³-hybridized carbons (Fsp3) is 0.361. The van der Waals surface area contributed by atoms with E-state index in [4.69, 9.17) is 0 Å². The van der Waals surface area contributed by atoms with Crippen LogP contribution in [0, 0.1) is 6.92 Å². The molecule has 238 valence electrons. The van der Waals surface area contributed by atoms with Crippen LogP contribution < -0.4 is 10.7 Å². The van der Waals surface area contributed by atoms with Gasteiger partial charge in [0.1, 0.15) is 0 Å². The molecule has 3 N–H and O–H groups in total. The molecule has 0 unspecified atom stereocenters. The Morgan fingerprint density at radius 2 is 1.72 bits per heavy atom. The molecular formula is C36H39N4O6+. The Kier molecular flexibility index (Phi) is 7.92. The summed E-state index contributed by atoms with van der Waals surface area (Å²) in [6.07, 6.45) is 9.47. The summed E-state index contributed by atoms with van der Waals surface area (Å²) >= 11 is 0. The molecule has 0 saturated carbocycles. The van der Waals surface area contributed by atoms with E-state index in [0.717, 1.165) is 72.5 Å². The van der Waals surface area contributed by atoms with E-state index in [9.17, 15) is 29.4 Å². The maximum Gasteiger partial charge on any atom is 0.416 e. The molecule has 2 aromatic heterocycles. The Morgan fingerprint density at radius 3 is 2.37 bits per heavy atom. The first-order valence-electron chi connectivity index (χ1n) is 15.8. The van der Waals surface area contributed by atoms with Crippen LogP contribution in [0.25, 0.3) is 18.2 Å². The summed E-state index contributed by atoms with van der Waals surface area (Å²) in [5.41, 5.74) is 10.3. The van der Waals surface area contributed by atoms with Crippen molar-refractivity contribution in [3.8, 4) is 0 Å². The third-order valence-electron chi connectivity index (χ3n) is 9.88. The van der Waals surface area contributed by atoms with Crippen molar-refractivity contribution in [2.75, 3.05) is 13.1 Å². The maximum absolute atomic E-state index is 13.1. The number of hydrogen-bond acceptors (Lipinski definition) is 4. The highest BCUT2D eigenvalue weighted by Gasteiger charge is 2.38. The first-order valence-corrected chi connectivity index (χ1v) is 15.8. The van der Waals surface area contributed by atoms with Gasteiger partial charge in [-0.3, -0.25) is 14.4 Å². The van der Waals surface area contributed by atoms with Crippen LogP contribution in [-0.2, 0) is 45.0 Å². The van der Waals surface area contributed by atoms with Gasteiger partial charge in [0.2, 0.25) is 5.71 Å². The highest BCUT2D eigenvalue weighted by Crippen LogP contribution is 2.36. The Hall–Kier alpha value is -4.99. The lowest BCUT2D eigenvalue weighted by Crippen LogP contribution is -2.28. The van der Waals surface area contributed by atoms with Crippen molar-refractivity contribution in [3.63, 3.8) is 0 Å². The molecule has 10 nitrogen and oxygen atoms in total. The Bertz CT molecular complexity index is 2030. The van der Waals surface area contributed by atoms with Gasteiger partial charge in [-0.25, -0.2) is 4.79 Å². The zero-order valence-corrected chi connectivity index (χ0v) is 26.7. The number of H-pyrrole nitrogens is 1. The van der Waals surface area contributed by atoms with Crippen LogP contribution in [-0.4, -0.2) is 71.8 Å². The Morgan fingerprint density at radius 1 is 1.02 bits per heavy atom. The summed E-state index contributed by atoms with van der Waals surface area (Å²) < 4.78 is 3.96. The highest BCUT2D eigenvalue weighted by molar-refractivity contribution is 6.24. The molecule has 10 heteroatoms. The number of aromatic nitrogens is 2. The lowest BCUT2D eigenvalue weighted by molar-refractivity contribution is -0.439. The molecule has 4 aliphatic heterocycles. The molecule has 0 saturated heterocycles. The lowest BCUT2D eigenvalue weighted by atomic mass is 10.0. The molecule has 6 heterocycles. The molecule has 0 spiro atoms. The molecule has 0 fully saturated rings. The molecule has 0 aromatic carbocycles. The van der Waals surface area contributed by atoms with Crippen molar-refractivity contribution >= 4 is 47.7 Å².